The number of nitrogens with zero attached hydrogens (tertiary/aromatic N) is 3. The lowest BCUT2D eigenvalue weighted by Gasteiger charge is -2.35. The van der Waals surface area contributed by atoms with Gasteiger partial charge in [-0.25, -0.2) is 4.39 Å². The zero-order valence-corrected chi connectivity index (χ0v) is 12.3. The number of piperazine rings is 1. The fourth-order valence-corrected chi connectivity index (χ4v) is 2.45. The second-order valence-electron chi connectivity index (χ2n) is 5.00. The van der Waals surface area contributed by atoms with E-state index in [-0.39, 0.29) is 17.3 Å². The van der Waals surface area contributed by atoms with E-state index in [2.05, 4.69) is 0 Å². The molecule has 0 unspecified atom stereocenters. The number of anilines is 1. The van der Waals surface area contributed by atoms with Gasteiger partial charge in [-0.2, -0.15) is 0 Å². The van der Waals surface area contributed by atoms with Crippen molar-refractivity contribution in [2.24, 2.45) is 0 Å². The number of hydrogen-bond donors (Lipinski definition) is 0. The van der Waals surface area contributed by atoms with Crippen molar-refractivity contribution in [2.75, 3.05) is 44.8 Å². The van der Waals surface area contributed by atoms with E-state index >= 15 is 0 Å². The molecule has 1 aliphatic heterocycles. The van der Waals surface area contributed by atoms with Gasteiger partial charge in [0.25, 0.3) is 5.69 Å². The van der Waals surface area contributed by atoms with Crippen molar-refractivity contribution >= 4 is 17.3 Å². The van der Waals surface area contributed by atoms with Gasteiger partial charge in [-0.05, 0) is 6.07 Å². The van der Waals surface area contributed by atoms with Crippen LogP contribution < -0.4 is 4.90 Å². The summed E-state index contributed by atoms with van der Waals surface area (Å²) in [7, 11) is 1.54. The molecule has 120 valence electrons. The first-order valence-electron chi connectivity index (χ1n) is 6.98. The standard InChI is InChI=1S/C14H18FN3O4/c1-22-9-4-14(19)17-7-5-16(6-8-17)13-10-11(15)2-3-12(13)18(20)21/h2-3,10H,4-9H2,1H3. The summed E-state index contributed by atoms with van der Waals surface area (Å²) in [6.07, 6.45) is 0.316. The molecule has 0 atom stereocenters. The van der Waals surface area contributed by atoms with Gasteiger partial charge < -0.3 is 14.5 Å². The number of hydrogen-bond acceptors (Lipinski definition) is 5. The van der Waals surface area contributed by atoms with Crippen LogP contribution in [0, 0.1) is 15.9 Å². The van der Waals surface area contributed by atoms with Crippen LogP contribution >= 0.6 is 0 Å². The molecule has 0 aliphatic carbocycles. The van der Waals surface area contributed by atoms with Gasteiger partial charge in [-0.15, -0.1) is 0 Å². The summed E-state index contributed by atoms with van der Waals surface area (Å²) < 4.78 is 18.3. The van der Waals surface area contributed by atoms with Crippen LogP contribution in [0.15, 0.2) is 18.2 Å². The van der Waals surface area contributed by atoms with Crippen molar-refractivity contribution in [3.05, 3.63) is 34.1 Å². The van der Waals surface area contributed by atoms with Crippen molar-refractivity contribution in [1.29, 1.82) is 0 Å². The Kier molecular flexibility index (Phi) is 5.26. The van der Waals surface area contributed by atoms with Crippen molar-refractivity contribution in [3.8, 4) is 0 Å². The summed E-state index contributed by atoms with van der Waals surface area (Å²) in [5.74, 6) is -0.519. The molecule has 8 heteroatoms. The fourth-order valence-electron chi connectivity index (χ4n) is 2.45. The Morgan fingerprint density at radius 2 is 2.05 bits per heavy atom. The number of nitro benzene ring substituents is 1. The Hall–Kier alpha value is -2.22. The third-order valence-electron chi connectivity index (χ3n) is 3.63. The van der Waals surface area contributed by atoms with Crippen LogP contribution in [0.3, 0.4) is 0 Å². The lowest BCUT2D eigenvalue weighted by molar-refractivity contribution is -0.384. The van der Waals surface area contributed by atoms with E-state index in [1.165, 1.54) is 19.2 Å². The first kappa shape index (κ1) is 16.2. The number of carbonyl (C=O) groups excluding carboxylic acids is 1. The van der Waals surface area contributed by atoms with E-state index < -0.39 is 10.7 Å². The Morgan fingerprint density at radius 1 is 1.36 bits per heavy atom. The molecule has 0 radical (unpaired) electrons. The molecular formula is C14H18FN3O4. The summed E-state index contributed by atoms with van der Waals surface area (Å²) in [4.78, 5) is 25.8. The highest BCUT2D eigenvalue weighted by atomic mass is 19.1. The molecule has 1 aliphatic rings. The van der Waals surface area contributed by atoms with Crippen LogP contribution in [0.4, 0.5) is 15.8 Å². The summed E-state index contributed by atoms with van der Waals surface area (Å²) in [6, 6.07) is 3.41. The summed E-state index contributed by atoms with van der Waals surface area (Å²) >= 11 is 0. The molecule has 0 bridgehead atoms. The van der Waals surface area contributed by atoms with Gasteiger partial charge in [0.1, 0.15) is 11.5 Å². The molecule has 0 spiro atoms. The van der Waals surface area contributed by atoms with Gasteiger partial charge in [-0.1, -0.05) is 0 Å². The van der Waals surface area contributed by atoms with Crippen LogP contribution in [0.25, 0.3) is 0 Å². The highest BCUT2D eigenvalue weighted by Gasteiger charge is 2.25. The van der Waals surface area contributed by atoms with Gasteiger partial charge >= 0.3 is 0 Å². The lowest BCUT2D eigenvalue weighted by atomic mass is 10.2. The van der Waals surface area contributed by atoms with Crippen LogP contribution in [0.1, 0.15) is 6.42 Å². The van der Waals surface area contributed by atoms with Crippen LogP contribution in [0.2, 0.25) is 0 Å². The molecular weight excluding hydrogens is 293 g/mol. The van der Waals surface area contributed by atoms with Crippen LogP contribution in [0.5, 0.6) is 0 Å². The molecule has 1 heterocycles. The minimum Gasteiger partial charge on any atom is -0.384 e. The molecule has 1 amide bonds. The number of carbonyl (C=O) groups is 1. The van der Waals surface area contributed by atoms with E-state index in [1.807, 2.05) is 0 Å². The van der Waals surface area contributed by atoms with Crippen LogP contribution in [-0.2, 0) is 9.53 Å². The zero-order valence-electron chi connectivity index (χ0n) is 12.3. The van der Waals surface area contributed by atoms with Gasteiger partial charge in [0.05, 0.1) is 18.0 Å². The summed E-state index contributed by atoms with van der Waals surface area (Å²) in [5, 5.41) is 11.0. The highest BCUT2D eigenvalue weighted by Crippen LogP contribution is 2.29. The number of amides is 1. The normalized spacial score (nSPS) is 15.0. The maximum absolute atomic E-state index is 13.4. The second kappa shape index (κ2) is 7.17. The number of methoxy groups -OCH3 is 1. The molecule has 2 rings (SSSR count). The quantitative estimate of drug-likeness (QED) is 0.607. The fraction of sp³-hybridized carbons (Fsp3) is 0.500. The van der Waals surface area contributed by atoms with E-state index in [1.54, 1.807) is 9.80 Å². The smallest absolute Gasteiger partial charge is 0.292 e. The monoisotopic (exact) mass is 311 g/mol. The summed E-state index contributed by atoms with van der Waals surface area (Å²) in [5.41, 5.74) is 0.134. The number of benzene rings is 1. The van der Waals surface area contributed by atoms with Gasteiger partial charge in [0.15, 0.2) is 0 Å². The SMILES string of the molecule is COCCC(=O)N1CCN(c2cc(F)ccc2[N+](=O)[O-])CC1. The predicted octanol–water partition coefficient (Wildman–Crippen LogP) is 1.42. The minimum absolute atomic E-state index is 0.00441. The van der Waals surface area contributed by atoms with E-state index in [9.17, 15) is 19.3 Å². The van der Waals surface area contributed by atoms with E-state index in [0.29, 0.717) is 39.2 Å². The number of rotatable bonds is 5. The second-order valence-corrected chi connectivity index (χ2v) is 5.00. The minimum atomic E-state index is -0.523. The molecule has 1 aromatic carbocycles. The molecule has 0 aromatic heterocycles. The van der Waals surface area contributed by atoms with Crippen molar-refractivity contribution in [1.82, 2.24) is 4.90 Å². The maximum atomic E-state index is 13.4. The zero-order chi connectivity index (χ0) is 16.1. The molecule has 7 nitrogen and oxygen atoms in total. The Bertz CT molecular complexity index is 559. The largest absolute Gasteiger partial charge is 0.384 e. The van der Waals surface area contributed by atoms with Gasteiger partial charge in [0.2, 0.25) is 5.91 Å². The molecule has 1 fully saturated rings. The topological polar surface area (TPSA) is 75.9 Å². The molecule has 0 N–H and O–H groups in total. The van der Waals surface area contributed by atoms with Gasteiger partial charge in [0, 0.05) is 45.4 Å². The first-order valence-corrected chi connectivity index (χ1v) is 6.98. The molecule has 22 heavy (non-hydrogen) atoms. The highest BCUT2D eigenvalue weighted by molar-refractivity contribution is 5.76. The predicted molar refractivity (Wildman–Crippen MR) is 78.3 cm³/mol. The first-order chi connectivity index (χ1) is 10.5. The Labute approximate surface area is 127 Å². The van der Waals surface area contributed by atoms with Crippen molar-refractivity contribution in [2.45, 2.75) is 6.42 Å². The number of ether oxygens (including phenoxy) is 1. The van der Waals surface area contributed by atoms with E-state index in [0.717, 1.165) is 6.07 Å². The third kappa shape index (κ3) is 3.70. The average Bonchev–Trinajstić information content (AvgIpc) is 2.52. The lowest BCUT2D eigenvalue weighted by Crippen LogP contribution is -2.49. The maximum Gasteiger partial charge on any atom is 0.292 e. The van der Waals surface area contributed by atoms with Crippen molar-refractivity contribution in [3.63, 3.8) is 0 Å². The van der Waals surface area contributed by atoms with Crippen LogP contribution in [-0.4, -0.2) is 55.6 Å². The summed E-state index contributed by atoms with van der Waals surface area (Å²) in [6.45, 7) is 2.15. The Balaban J connectivity index is 2.04. The number of halogens is 1. The Morgan fingerprint density at radius 3 is 2.64 bits per heavy atom. The molecule has 1 saturated heterocycles. The molecule has 0 saturated carbocycles. The van der Waals surface area contributed by atoms with Crippen molar-refractivity contribution < 1.29 is 18.8 Å². The third-order valence-corrected chi connectivity index (χ3v) is 3.63. The molecule has 1 aromatic rings. The van der Waals surface area contributed by atoms with Gasteiger partial charge in [-0.3, -0.25) is 14.9 Å². The van der Waals surface area contributed by atoms with E-state index in [4.69, 9.17) is 4.74 Å². The number of nitro groups is 1. The average molecular weight is 311 g/mol.